The third-order valence-corrected chi connectivity index (χ3v) is 14.3. The maximum atomic E-state index is 6.50. The van der Waals surface area contributed by atoms with Crippen LogP contribution in [0.3, 0.4) is 0 Å². The Balaban J connectivity index is 0.000000141. The van der Waals surface area contributed by atoms with Crippen molar-refractivity contribution in [1.29, 1.82) is 0 Å². The maximum Gasteiger partial charge on any atom is 0.326 e. The second-order valence-corrected chi connectivity index (χ2v) is 19.0. The van der Waals surface area contributed by atoms with E-state index in [-0.39, 0.29) is 34.9 Å². The first-order chi connectivity index (χ1) is 32.1. The van der Waals surface area contributed by atoms with Gasteiger partial charge in [-0.1, -0.05) is 41.4 Å². The summed E-state index contributed by atoms with van der Waals surface area (Å²) in [7, 11) is 3.75. The lowest BCUT2D eigenvalue weighted by Crippen LogP contribution is -2.51. The van der Waals surface area contributed by atoms with Crippen LogP contribution in [0.15, 0.2) is 85.3 Å². The molecule has 3 atom stereocenters. The minimum absolute atomic E-state index is 0.179. The van der Waals surface area contributed by atoms with Crippen molar-refractivity contribution in [3.8, 4) is 23.5 Å². The zero-order valence-corrected chi connectivity index (χ0v) is 37.7. The van der Waals surface area contributed by atoms with Gasteiger partial charge in [0, 0.05) is 95.6 Å². The second kappa shape index (κ2) is 15.4. The van der Waals surface area contributed by atoms with Crippen molar-refractivity contribution in [3.63, 3.8) is 0 Å². The molecule has 3 aromatic carbocycles. The van der Waals surface area contributed by atoms with E-state index >= 15 is 0 Å². The van der Waals surface area contributed by atoms with Crippen molar-refractivity contribution in [2.45, 2.75) is 37.8 Å². The molecule has 66 heavy (non-hydrogen) atoms. The Hall–Kier alpha value is -6.72. The summed E-state index contributed by atoms with van der Waals surface area (Å²) in [6, 6.07) is 22.3. The monoisotopic (exact) mass is 920 g/mol. The van der Waals surface area contributed by atoms with E-state index < -0.39 is 0 Å². The number of ether oxygens (including phenoxy) is 2. The van der Waals surface area contributed by atoms with Crippen LogP contribution in [0.2, 0.25) is 10.0 Å². The number of hydrogen-bond acceptors (Lipinski definition) is 14. The van der Waals surface area contributed by atoms with Crippen LogP contribution in [0, 0.1) is 10.8 Å². The van der Waals surface area contributed by atoms with Crippen molar-refractivity contribution < 1.29 is 9.47 Å². The molecule has 18 heteroatoms. The number of halogens is 2. The average Bonchev–Trinajstić information content (AvgIpc) is 4.03. The summed E-state index contributed by atoms with van der Waals surface area (Å²) >= 11 is 12.9. The van der Waals surface area contributed by atoms with E-state index in [1.54, 1.807) is 18.6 Å². The van der Waals surface area contributed by atoms with Crippen LogP contribution in [0.4, 0.5) is 23.0 Å². The van der Waals surface area contributed by atoms with Crippen molar-refractivity contribution in [2.75, 3.05) is 60.7 Å². The molecule has 2 spiro atoms. The Morgan fingerprint density at radius 1 is 0.697 bits per heavy atom. The number of fused-ring (bicyclic) bond motifs is 7. The van der Waals surface area contributed by atoms with Gasteiger partial charge in [-0.15, -0.1) is 0 Å². The third-order valence-electron chi connectivity index (χ3n) is 13.9. The fourth-order valence-corrected chi connectivity index (χ4v) is 10.5. The molecular weight excluding hydrogens is 876 g/mol. The quantitative estimate of drug-likeness (QED) is 0.0841. The molecule has 0 radical (unpaired) electrons. The molecule has 4 aliphatic rings. The lowest BCUT2D eigenvalue weighted by Gasteiger charge is -2.41. The van der Waals surface area contributed by atoms with Gasteiger partial charge in [0.1, 0.15) is 34.4 Å². The van der Waals surface area contributed by atoms with E-state index in [2.05, 4.69) is 45.4 Å². The smallest absolute Gasteiger partial charge is 0.326 e. The maximum absolute atomic E-state index is 6.50. The van der Waals surface area contributed by atoms with E-state index in [0.717, 1.165) is 118 Å². The molecule has 2 aliphatic carbocycles. The number of H-pyrrole nitrogens is 2. The first kappa shape index (κ1) is 40.8. The molecule has 2 saturated heterocycles. The number of rotatable bonds is 8. The molecule has 6 aromatic heterocycles. The van der Waals surface area contributed by atoms with Gasteiger partial charge in [0.2, 0.25) is 0 Å². The molecule has 2 aliphatic heterocycles. The number of nitrogens with two attached hydrogens (primary N) is 2. The van der Waals surface area contributed by atoms with E-state index in [1.807, 2.05) is 80.8 Å². The third kappa shape index (κ3) is 6.98. The number of benzene rings is 3. The van der Waals surface area contributed by atoms with Crippen LogP contribution in [-0.2, 0) is 0 Å². The molecule has 4 fully saturated rings. The van der Waals surface area contributed by atoms with Crippen LogP contribution in [0.5, 0.6) is 23.5 Å². The molecule has 8 N–H and O–H groups in total. The molecule has 0 amide bonds. The fraction of sp³-hybridized carbons (Fsp3) is 0.292. The van der Waals surface area contributed by atoms with Crippen LogP contribution in [-0.4, -0.2) is 92.2 Å². The fourth-order valence-electron chi connectivity index (χ4n) is 10.1. The predicted molar refractivity (Wildman–Crippen MR) is 262 cm³/mol. The van der Waals surface area contributed by atoms with Gasteiger partial charge >= 0.3 is 12.0 Å². The van der Waals surface area contributed by atoms with E-state index in [1.165, 1.54) is 0 Å². The molecule has 9 aromatic rings. The van der Waals surface area contributed by atoms with Gasteiger partial charge in [0.25, 0.3) is 0 Å². The van der Waals surface area contributed by atoms with Gasteiger partial charge in [0.05, 0.1) is 51.1 Å². The number of aromatic nitrogens is 8. The standard InChI is InChI=1S/C27H26ClN7O.C21H20ClN7O/c1-30-20-11-16(28)10-18-22-24(32-23(18)20)33-26(36-17-9-15-5-2-3-6-19(15)31-13-17)34-25(22)35-8-4-7-27(14-35)12-21(27)29;1-24-14-6-11(22)5-13-16-18(26-17(13)14)27-20(30-12-3-2-4-25-8-12)28-19(16)29-9-21(10-29)7-15(21)23/h2-3,5-6,9-11,13,21,30H,4,7-8,12,14,29H2,1H3,(H,32,33,34);2-6,8,15,24H,7,9-10,23H2,1H3,(H,26,27,28). The molecule has 334 valence electrons. The largest absolute Gasteiger partial charge is 0.423 e. The number of hydrogen-bond donors (Lipinski definition) is 6. The zero-order chi connectivity index (χ0) is 44.9. The van der Waals surface area contributed by atoms with Gasteiger partial charge in [-0.2, -0.15) is 19.9 Å². The predicted octanol–water partition coefficient (Wildman–Crippen LogP) is 9.00. The molecule has 8 heterocycles. The van der Waals surface area contributed by atoms with E-state index in [9.17, 15) is 0 Å². The number of nitrogens with one attached hydrogen (secondary N) is 4. The summed E-state index contributed by atoms with van der Waals surface area (Å²) < 4.78 is 12.1. The Bertz CT molecular complexity index is 3380. The minimum Gasteiger partial charge on any atom is -0.423 e. The Morgan fingerprint density at radius 2 is 1.29 bits per heavy atom. The Labute approximate surface area is 388 Å². The highest BCUT2D eigenvalue weighted by Crippen LogP contribution is 2.54. The van der Waals surface area contributed by atoms with Gasteiger partial charge in [-0.05, 0) is 74.2 Å². The molecule has 2 saturated carbocycles. The molecule has 16 nitrogen and oxygen atoms in total. The first-order valence-electron chi connectivity index (χ1n) is 22.1. The lowest BCUT2D eigenvalue weighted by atomic mass is 9.94. The molecular formula is C48H46Cl2N14O2. The highest BCUT2D eigenvalue weighted by Gasteiger charge is 2.60. The minimum atomic E-state index is 0.179. The van der Waals surface area contributed by atoms with Gasteiger partial charge in [0.15, 0.2) is 0 Å². The number of nitrogens with zero attached hydrogens (tertiary/aromatic N) is 8. The number of aromatic amines is 2. The van der Waals surface area contributed by atoms with Crippen LogP contribution >= 0.6 is 23.2 Å². The number of piperidine rings is 1. The SMILES string of the molecule is CNc1cc(Cl)cc2c1[nH]c1nc(Oc3cccnc3)nc(N3CC4(CC4N)C3)c12.CNc1cc(Cl)cc2c1[nH]c1nc(Oc3cnc4ccccc4c3)nc(N3CCCC4(CC4N)C3)c12. The summed E-state index contributed by atoms with van der Waals surface area (Å²) in [6.45, 7) is 3.56. The van der Waals surface area contributed by atoms with Crippen LogP contribution in [0.25, 0.3) is 54.8 Å². The number of pyridine rings is 2. The summed E-state index contributed by atoms with van der Waals surface area (Å²) in [6.07, 6.45) is 9.41. The number of anilines is 4. The van der Waals surface area contributed by atoms with Gasteiger partial charge in [-0.3, -0.25) is 9.97 Å². The van der Waals surface area contributed by atoms with E-state index in [0.29, 0.717) is 32.8 Å². The van der Waals surface area contributed by atoms with Gasteiger partial charge < -0.3 is 51.3 Å². The lowest BCUT2D eigenvalue weighted by molar-refractivity contribution is 0.368. The summed E-state index contributed by atoms with van der Waals surface area (Å²) in [4.78, 5) is 39.3. The Morgan fingerprint density at radius 3 is 1.88 bits per heavy atom. The highest BCUT2D eigenvalue weighted by atomic mass is 35.5. The van der Waals surface area contributed by atoms with E-state index in [4.69, 9.17) is 59.1 Å². The van der Waals surface area contributed by atoms with Crippen molar-refractivity contribution in [1.82, 2.24) is 39.9 Å². The van der Waals surface area contributed by atoms with Crippen LogP contribution < -0.4 is 41.4 Å². The topological polar surface area (TPSA) is 210 Å². The van der Waals surface area contributed by atoms with Crippen LogP contribution in [0.1, 0.15) is 25.7 Å². The van der Waals surface area contributed by atoms with Crippen molar-refractivity contribution >= 4 is 101 Å². The summed E-state index contributed by atoms with van der Waals surface area (Å²) in [5.41, 5.74) is 18.9. The number of para-hydroxylation sites is 1. The Kier molecular flexibility index (Phi) is 9.54. The van der Waals surface area contributed by atoms with Crippen molar-refractivity contribution in [2.24, 2.45) is 22.3 Å². The molecule has 0 bridgehead atoms. The molecule has 3 unspecified atom stereocenters. The summed E-state index contributed by atoms with van der Waals surface area (Å²) in [5, 5.41) is 12.6. The first-order valence-corrected chi connectivity index (χ1v) is 22.9. The van der Waals surface area contributed by atoms with Crippen molar-refractivity contribution in [3.05, 3.63) is 95.4 Å². The normalized spacial score (nSPS) is 20.5. The second-order valence-electron chi connectivity index (χ2n) is 18.1. The molecule has 13 rings (SSSR count). The average molecular weight is 922 g/mol. The zero-order valence-electron chi connectivity index (χ0n) is 36.2. The summed E-state index contributed by atoms with van der Waals surface area (Å²) in [5.74, 6) is 2.85. The highest BCUT2D eigenvalue weighted by molar-refractivity contribution is 6.33. The van der Waals surface area contributed by atoms with Gasteiger partial charge in [-0.25, -0.2) is 0 Å².